The number of hydrogen-bond acceptors (Lipinski definition) is 1. The molecule has 0 bridgehead atoms. The Morgan fingerprint density at radius 3 is 2.21 bits per heavy atom. The molecule has 1 heterocycles. The van der Waals surface area contributed by atoms with Crippen LogP contribution in [-0.2, 0) is 12.8 Å². The summed E-state index contributed by atoms with van der Waals surface area (Å²) in [4.78, 5) is 4.43. The second kappa shape index (κ2) is 11.5. The lowest BCUT2D eigenvalue weighted by atomic mass is 9.77. The van der Waals surface area contributed by atoms with E-state index in [1.165, 1.54) is 69.8 Å². The lowest BCUT2D eigenvalue weighted by molar-refractivity contribution is 0.249. The minimum atomic E-state index is -0.143. The van der Waals surface area contributed by atoms with Crippen molar-refractivity contribution in [3.05, 3.63) is 53.5 Å². The molecule has 0 saturated heterocycles. The first-order valence-electron chi connectivity index (χ1n) is 11.9. The van der Waals surface area contributed by atoms with E-state index < -0.39 is 0 Å². The number of aryl methyl sites for hydroxylation is 2. The molecule has 1 aliphatic carbocycles. The Morgan fingerprint density at radius 2 is 1.59 bits per heavy atom. The van der Waals surface area contributed by atoms with Gasteiger partial charge in [-0.1, -0.05) is 83.8 Å². The van der Waals surface area contributed by atoms with Crippen molar-refractivity contribution in [1.29, 1.82) is 0 Å². The van der Waals surface area contributed by atoms with E-state index in [0.717, 1.165) is 35.9 Å². The molecule has 0 unspecified atom stereocenters. The van der Waals surface area contributed by atoms with Gasteiger partial charge in [-0.25, -0.2) is 4.39 Å². The number of unbranched alkanes of at least 4 members (excludes halogenated alkanes) is 3. The summed E-state index contributed by atoms with van der Waals surface area (Å²) in [7, 11) is 0. The molecular formula is C27H38FN. The van der Waals surface area contributed by atoms with Crippen LogP contribution in [0, 0.1) is 17.7 Å². The van der Waals surface area contributed by atoms with Crippen LogP contribution in [0.5, 0.6) is 0 Å². The largest absolute Gasteiger partial charge is 0.256 e. The lowest BCUT2D eigenvalue weighted by Gasteiger charge is -2.28. The van der Waals surface area contributed by atoms with Gasteiger partial charge in [0.05, 0.1) is 5.69 Å². The van der Waals surface area contributed by atoms with E-state index in [1.807, 2.05) is 24.4 Å². The van der Waals surface area contributed by atoms with Gasteiger partial charge >= 0.3 is 0 Å². The second-order valence-electron chi connectivity index (χ2n) is 8.99. The van der Waals surface area contributed by atoms with Crippen LogP contribution in [0.3, 0.4) is 0 Å². The number of aromatic nitrogens is 1. The van der Waals surface area contributed by atoms with E-state index in [9.17, 15) is 4.39 Å². The molecule has 0 N–H and O–H groups in total. The molecule has 0 radical (unpaired) electrons. The Labute approximate surface area is 177 Å². The van der Waals surface area contributed by atoms with Crippen LogP contribution in [0.25, 0.3) is 11.3 Å². The molecule has 1 aromatic carbocycles. The summed E-state index contributed by atoms with van der Waals surface area (Å²) in [5.41, 5.74) is 3.64. The van der Waals surface area contributed by atoms with Crippen LogP contribution in [0.4, 0.5) is 4.39 Å². The Morgan fingerprint density at radius 1 is 0.862 bits per heavy atom. The Bertz CT molecular complexity index is 729. The zero-order chi connectivity index (χ0) is 20.5. The quantitative estimate of drug-likeness (QED) is 0.370. The zero-order valence-electron chi connectivity index (χ0n) is 18.4. The van der Waals surface area contributed by atoms with Crippen LogP contribution in [0.1, 0.15) is 89.2 Å². The van der Waals surface area contributed by atoms with Crippen LogP contribution < -0.4 is 0 Å². The number of nitrogens with zero attached hydrogens (tertiary/aromatic N) is 1. The molecule has 1 aliphatic rings. The first kappa shape index (κ1) is 22.0. The first-order valence-corrected chi connectivity index (χ1v) is 11.9. The smallest absolute Gasteiger partial charge is 0.132 e. The average Bonchev–Trinajstić information content (AvgIpc) is 2.76. The summed E-state index contributed by atoms with van der Waals surface area (Å²) in [6.45, 7) is 4.39. The Kier molecular flexibility index (Phi) is 8.70. The first-order chi connectivity index (χ1) is 14.2. The van der Waals surface area contributed by atoms with Gasteiger partial charge < -0.3 is 0 Å². The highest BCUT2D eigenvalue weighted by atomic mass is 19.1. The van der Waals surface area contributed by atoms with Gasteiger partial charge in [0.2, 0.25) is 0 Å². The van der Waals surface area contributed by atoms with Crippen molar-refractivity contribution >= 4 is 0 Å². The van der Waals surface area contributed by atoms with E-state index in [2.05, 4.69) is 24.9 Å². The van der Waals surface area contributed by atoms with Gasteiger partial charge in [0.25, 0.3) is 0 Å². The third-order valence-electron chi connectivity index (χ3n) is 6.82. The SMILES string of the molecule is CCCCCCC1CCC(CCc2ccc(-c3ccc(CC)cn3)c(F)c2)CC1. The van der Waals surface area contributed by atoms with Gasteiger partial charge in [0, 0.05) is 11.8 Å². The molecule has 2 heteroatoms. The van der Waals surface area contributed by atoms with Gasteiger partial charge in [0.15, 0.2) is 0 Å². The molecule has 1 fully saturated rings. The number of halogens is 1. The molecule has 2 aromatic rings. The van der Waals surface area contributed by atoms with E-state index in [-0.39, 0.29) is 5.82 Å². The van der Waals surface area contributed by atoms with Gasteiger partial charge in [-0.3, -0.25) is 4.98 Å². The van der Waals surface area contributed by atoms with E-state index in [4.69, 9.17) is 0 Å². The van der Waals surface area contributed by atoms with Gasteiger partial charge in [-0.05, 0) is 60.4 Å². The predicted octanol–water partition coefficient (Wildman–Crippen LogP) is 8.16. The Balaban J connectivity index is 1.45. The molecule has 0 amide bonds. The standard InChI is InChI=1S/C27H38FN/c1-3-5-6-7-8-22-9-11-23(12-10-22)13-14-24-15-17-25(26(28)19-24)27-18-16-21(4-2)20-29-27/h15-20,22-23H,3-14H2,1-2H3. The summed E-state index contributed by atoms with van der Waals surface area (Å²) < 4.78 is 14.7. The predicted molar refractivity (Wildman–Crippen MR) is 122 cm³/mol. The van der Waals surface area contributed by atoms with Crippen LogP contribution in [0.15, 0.2) is 36.5 Å². The van der Waals surface area contributed by atoms with Crippen molar-refractivity contribution in [1.82, 2.24) is 4.98 Å². The molecular weight excluding hydrogens is 357 g/mol. The van der Waals surface area contributed by atoms with Crippen molar-refractivity contribution < 1.29 is 4.39 Å². The molecule has 0 spiro atoms. The summed E-state index contributed by atoms with van der Waals surface area (Å²) in [5.74, 6) is 1.65. The fraction of sp³-hybridized carbons (Fsp3) is 0.593. The lowest BCUT2D eigenvalue weighted by Crippen LogP contribution is -2.15. The Hall–Kier alpha value is -1.70. The highest BCUT2D eigenvalue weighted by Crippen LogP contribution is 2.34. The number of benzene rings is 1. The molecule has 3 rings (SSSR count). The van der Waals surface area contributed by atoms with Crippen molar-refractivity contribution in [3.63, 3.8) is 0 Å². The van der Waals surface area contributed by atoms with Crippen molar-refractivity contribution in [2.24, 2.45) is 11.8 Å². The van der Waals surface area contributed by atoms with Crippen molar-refractivity contribution in [2.75, 3.05) is 0 Å². The van der Waals surface area contributed by atoms with Crippen molar-refractivity contribution in [2.45, 2.75) is 90.9 Å². The zero-order valence-corrected chi connectivity index (χ0v) is 18.4. The highest BCUT2D eigenvalue weighted by molar-refractivity contribution is 5.60. The fourth-order valence-electron chi connectivity index (χ4n) is 4.75. The molecule has 1 saturated carbocycles. The summed E-state index contributed by atoms with van der Waals surface area (Å²) >= 11 is 0. The van der Waals surface area contributed by atoms with Crippen LogP contribution in [-0.4, -0.2) is 4.98 Å². The fourth-order valence-corrected chi connectivity index (χ4v) is 4.75. The third-order valence-corrected chi connectivity index (χ3v) is 6.82. The maximum Gasteiger partial charge on any atom is 0.132 e. The maximum atomic E-state index is 14.7. The minimum absolute atomic E-state index is 0.143. The molecule has 29 heavy (non-hydrogen) atoms. The maximum absolute atomic E-state index is 14.7. The van der Waals surface area contributed by atoms with E-state index >= 15 is 0 Å². The molecule has 1 nitrogen and oxygen atoms in total. The summed E-state index contributed by atoms with van der Waals surface area (Å²) in [6, 6.07) is 9.69. The summed E-state index contributed by atoms with van der Waals surface area (Å²) in [6.07, 6.45) is 17.5. The van der Waals surface area contributed by atoms with Gasteiger partial charge in [0.1, 0.15) is 5.82 Å². The minimum Gasteiger partial charge on any atom is -0.256 e. The molecule has 0 atom stereocenters. The highest BCUT2D eigenvalue weighted by Gasteiger charge is 2.20. The summed E-state index contributed by atoms with van der Waals surface area (Å²) in [5, 5.41) is 0. The van der Waals surface area contributed by atoms with Gasteiger partial charge in [-0.2, -0.15) is 0 Å². The van der Waals surface area contributed by atoms with E-state index in [0.29, 0.717) is 5.56 Å². The average molecular weight is 396 g/mol. The van der Waals surface area contributed by atoms with Gasteiger partial charge in [-0.15, -0.1) is 0 Å². The third kappa shape index (κ3) is 6.66. The molecule has 158 valence electrons. The van der Waals surface area contributed by atoms with Crippen LogP contribution >= 0.6 is 0 Å². The van der Waals surface area contributed by atoms with E-state index in [1.54, 1.807) is 6.07 Å². The normalized spacial score (nSPS) is 19.4. The number of pyridine rings is 1. The monoisotopic (exact) mass is 395 g/mol. The number of hydrogen-bond donors (Lipinski definition) is 0. The van der Waals surface area contributed by atoms with Crippen molar-refractivity contribution in [3.8, 4) is 11.3 Å². The molecule has 0 aliphatic heterocycles. The second-order valence-corrected chi connectivity index (χ2v) is 8.99. The molecule has 1 aromatic heterocycles. The topological polar surface area (TPSA) is 12.9 Å². The number of rotatable bonds is 10. The van der Waals surface area contributed by atoms with Crippen LogP contribution in [0.2, 0.25) is 0 Å².